The molecule has 0 aliphatic carbocycles. The first kappa shape index (κ1) is 6.74. The minimum atomic E-state index is 0.617. The van der Waals surface area contributed by atoms with Crippen LogP contribution in [0.5, 0.6) is 0 Å². The number of hydrogen-bond donors (Lipinski definition) is 1. The van der Waals surface area contributed by atoms with E-state index in [9.17, 15) is 5.21 Å². The highest BCUT2D eigenvalue weighted by Gasteiger charge is 1.99. The lowest BCUT2D eigenvalue weighted by Gasteiger charge is -1.83. The molecule has 0 radical (unpaired) electrons. The van der Waals surface area contributed by atoms with Gasteiger partial charge in [0.05, 0.1) is 0 Å². The number of aromatic amines is 1. The number of nitrogens with zero attached hydrogens (tertiary/aromatic N) is 1. The molecule has 0 atom stereocenters. The predicted octanol–water partition coefficient (Wildman–Crippen LogP) is 2.35. The first-order chi connectivity index (χ1) is 5.90. The van der Waals surface area contributed by atoms with Gasteiger partial charge in [-0.15, -0.1) is 0 Å². The monoisotopic (exact) mass is 158 g/mol. The minimum absolute atomic E-state index is 0.617. The van der Waals surface area contributed by atoms with Crippen molar-refractivity contribution in [1.82, 2.24) is 4.98 Å². The fraction of sp³-hybridized carbons (Fsp3) is 0. The Hall–Kier alpha value is -1.95. The van der Waals surface area contributed by atoms with Crippen molar-refractivity contribution in [3.8, 4) is 6.07 Å². The maximum atomic E-state index is 9.87. The van der Waals surface area contributed by atoms with Crippen LogP contribution in [0, 0.1) is 11.3 Å². The minimum Gasteiger partial charge on any atom is -0.498 e. The van der Waals surface area contributed by atoms with E-state index < -0.39 is 0 Å². The SMILES string of the molecule is [O-][N+]#Cc1cc2ccccc2[nH]1. The molecule has 0 saturated carbocycles. The van der Waals surface area contributed by atoms with E-state index in [1.54, 1.807) is 0 Å². The number of benzene rings is 1. The lowest BCUT2D eigenvalue weighted by Crippen LogP contribution is -1.68. The zero-order chi connectivity index (χ0) is 8.39. The zero-order valence-electron chi connectivity index (χ0n) is 6.24. The van der Waals surface area contributed by atoms with Crippen molar-refractivity contribution in [3.05, 3.63) is 46.2 Å². The van der Waals surface area contributed by atoms with Crippen molar-refractivity contribution in [2.24, 2.45) is 0 Å². The second-order valence-electron chi connectivity index (χ2n) is 2.47. The van der Waals surface area contributed by atoms with Gasteiger partial charge in [0, 0.05) is 15.9 Å². The molecule has 0 spiro atoms. The van der Waals surface area contributed by atoms with Crippen LogP contribution in [-0.2, 0) is 0 Å². The number of fused-ring (bicyclic) bond motifs is 1. The van der Waals surface area contributed by atoms with E-state index in [0.717, 1.165) is 10.9 Å². The number of H-pyrrole nitrogens is 1. The molecule has 0 amide bonds. The maximum absolute atomic E-state index is 9.87. The van der Waals surface area contributed by atoms with Gasteiger partial charge in [-0.25, -0.2) is 0 Å². The maximum Gasteiger partial charge on any atom is 0.354 e. The van der Waals surface area contributed by atoms with Crippen molar-refractivity contribution in [1.29, 1.82) is 0 Å². The topological polar surface area (TPSA) is 43.2 Å². The summed E-state index contributed by atoms with van der Waals surface area (Å²) in [5.74, 6) is 0. The zero-order valence-corrected chi connectivity index (χ0v) is 6.24. The molecule has 0 aliphatic heterocycles. The highest BCUT2D eigenvalue weighted by atomic mass is 16.4. The lowest BCUT2D eigenvalue weighted by molar-refractivity contribution is 1.42. The van der Waals surface area contributed by atoms with Gasteiger partial charge >= 0.3 is 6.07 Å². The molecule has 0 saturated heterocycles. The predicted molar refractivity (Wildman–Crippen MR) is 48.0 cm³/mol. The second kappa shape index (κ2) is 2.59. The van der Waals surface area contributed by atoms with Crippen LogP contribution < -0.4 is 0 Å². The van der Waals surface area contributed by atoms with E-state index in [-0.39, 0.29) is 0 Å². The smallest absolute Gasteiger partial charge is 0.354 e. The molecule has 1 aromatic heterocycles. The van der Waals surface area contributed by atoms with E-state index in [2.05, 4.69) is 16.1 Å². The molecule has 3 heteroatoms. The average molecular weight is 158 g/mol. The summed E-state index contributed by atoms with van der Waals surface area (Å²) < 4.78 is 0. The van der Waals surface area contributed by atoms with Crippen molar-refractivity contribution >= 4 is 10.9 Å². The van der Waals surface area contributed by atoms with Gasteiger partial charge in [0.2, 0.25) is 0 Å². The summed E-state index contributed by atoms with van der Waals surface area (Å²) in [6.07, 6.45) is 0. The van der Waals surface area contributed by atoms with E-state index in [1.165, 1.54) is 0 Å². The van der Waals surface area contributed by atoms with E-state index in [0.29, 0.717) is 5.69 Å². The van der Waals surface area contributed by atoms with E-state index in [4.69, 9.17) is 0 Å². The number of hydrogen-bond acceptors (Lipinski definition) is 1. The second-order valence-corrected chi connectivity index (χ2v) is 2.47. The summed E-state index contributed by atoms with van der Waals surface area (Å²) in [6.45, 7) is 0. The Morgan fingerprint density at radius 3 is 2.92 bits per heavy atom. The van der Waals surface area contributed by atoms with Gasteiger partial charge in [-0.3, -0.25) is 0 Å². The van der Waals surface area contributed by atoms with Gasteiger partial charge in [-0.2, -0.15) is 0 Å². The standard InChI is InChI=1S/C9H6N2O/c12-10-6-8-5-7-3-1-2-4-9(7)11-8/h1-5,11H. The molecular weight excluding hydrogens is 152 g/mol. The number of para-hydroxylation sites is 1. The fourth-order valence-corrected chi connectivity index (χ4v) is 1.18. The van der Waals surface area contributed by atoms with Crippen LogP contribution in [0.15, 0.2) is 30.3 Å². The Bertz CT molecular complexity index is 429. The first-order valence-electron chi connectivity index (χ1n) is 3.56. The largest absolute Gasteiger partial charge is 0.498 e. The average Bonchev–Trinajstić information content (AvgIpc) is 2.47. The summed E-state index contributed by atoms with van der Waals surface area (Å²) in [6, 6.07) is 11.9. The normalized spacial score (nSPS) is 9.33. The molecule has 0 aliphatic rings. The summed E-state index contributed by atoms with van der Waals surface area (Å²) in [5.41, 5.74) is 1.61. The molecule has 0 bridgehead atoms. The third kappa shape index (κ3) is 0.995. The molecular formula is C9H6N2O. The van der Waals surface area contributed by atoms with Gasteiger partial charge in [-0.1, -0.05) is 18.2 Å². The molecule has 1 N–H and O–H groups in total. The summed E-state index contributed by atoms with van der Waals surface area (Å²) in [5, 5.41) is 13.5. The van der Waals surface area contributed by atoms with E-state index in [1.807, 2.05) is 30.3 Å². The van der Waals surface area contributed by atoms with Crippen LogP contribution in [-0.4, -0.2) is 4.98 Å². The Morgan fingerprint density at radius 1 is 1.33 bits per heavy atom. The Morgan fingerprint density at radius 2 is 2.17 bits per heavy atom. The third-order valence-corrected chi connectivity index (χ3v) is 1.70. The summed E-state index contributed by atoms with van der Waals surface area (Å²) in [4.78, 5) is 2.99. The van der Waals surface area contributed by atoms with Gasteiger partial charge in [0.15, 0.2) is 5.69 Å². The van der Waals surface area contributed by atoms with Crippen LogP contribution in [0.25, 0.3) is 15.9 Å². The first-order valence-corrected chi connectivity index (χ1v) is 3.56. The van der Waals surface area contributed by atoms with Crippen LogP contribution in [0.3, 0.4) is 0 Å². The molecule has 58 valence electrons. The van der Waals surface area contributed by atoms with Gasteiger partial charge in [0.25, 0.3) is 0 Å². The van der Waals surface area contributed by atoms with Crippen LogP contribution in [0.4, 0.5) is 0 Å². The molecule has 0 unspecified atom stereocenters. The Balaban J connectivity index is 2.67. The van der Waals surface area contributed by atoms with Crippen LogP contribution >= 0.6 is 0 Å². The number of aromatic nitrogens is 1. The van der Waals surface area contributed by atoms with Crippen molar-refractivity contribution in [2.75, 3.05) is 0 Å². The van der Waals surface area contributed by atoms with Crippen molar-refractivity contribution in [3.63, 3.8) is 0 Å². The lowest BCUT2D eigenvalue weighted by atomic mass is 10.2. The summed E-state index contributed by atoms with van der Waals surface area (Å²) in [7, 11) is 0. The van der Waals surface area contributed by atoms with Gasteiger partial charge in [0.1, 0.15) is 0 Å². The highest BCUT2D eigenvalue weighted by Crippen LogP contribution is 2.13. The van der Waals surface area contributed by atoms with Gasteiger partial charge in [-0.05, 0) is 12.1 Å². The molecule has 0 fully saturated rings. The Kier molecular flexibility index (Phi) is 1.45. The van der Waals surface area contributed by atoms with Crippen LogP contribution in [0.2, 0.25) is 0 Å². The van der Waals surface area contributed by atoms with Crippen LogP contribution in [0.1, 0.15) is 5.69 Å². The highest BCUT2D eigenvalue weighted by molar-refractivity contribution is 5.81. The molecule has 1 aromatic carbocycles. The molecule has 3 nitrogen and oxygen atoms in total. The fourth-order valence-electron chi connectivity index (χ4n) is 1.18. The number of rotatable bonds is 0. The Labute approximate surface area is 69.0 Å². The molecule has 1 heterocycles. The summed E-state index contributed by atoms with van der Waals surface area (Å²) >= 11 is 0. The molecule has 2 aromatic rings. The van der Waals surface area contributed by atoms with E-state index >= 15 is 0 Å². The van der Waals surface area contributed by atoms with Crippen molar-refractivity contribution < 1.29 is 0 Å². The number of nitrogens with one attached hydrogen (secondary N) is 1. The van der Waals surface area contributed by atoms with Gasteiger partial charge < -0.3 is 10.2 Å². The quantitative estimate of drug-likeness (QED) is 0.587. The third-order valence-electron chi connectivity index (χ3n) is 1.70. The molecule has 12 heavy (non-hydrogen) atoms. The molecule has 2 rings (SSSR count). The van der Waals surface area contributed by atoms with Crippen molar-refractivity contribution in [2.45, 2.75) is 0 Å².